The van der Waals surface area contributed by atoms with Gasteiger partial charge in [-0.15, -0.1) is 0 Å². The van der Waals surface area contributed by atoms with Gasteiger partial charge in [0.2, 0.25) is 11.9 Å². The number of aryl methyl sites for hydroxylation is 1. The minimum Gasteiger partial charge on any atom is -0.353 e. The molecule has 1 aromatic heterocycles. The highest BCUT2D eigenvalue weighted by Gasteiger charge is 2.34. The van der Waals surface area contributed by atoms with Crippen molar-refractivity contribution < 1.29 is 18.0 Å². The molecule has 9 heteroatoms. The van der Waals surface area contributed by atoms with Crippen LogP contribution in [0.25, 0.3) is 0 Å². The van der Waals surface area contributed by atoms with E-state index in [-0.39, 0.29) is 13.1 Å². The number of piperazine rings is 1. The molecule has 1 amide bonds. The van der Waals surface area contributed by atoms with E-state index in [1.807, 2.05) is 17.9 Å². The standard InChI is InChI=1S/C16H22F3N5O/c1-12-10-13(21-15(20-12)24-4-2-3-5-24)22-6-8-23(9-7-22)14(25)11-16(17,18)19/h10H,2-9,11H2,1H3. The van der Waals surface area contributed by atoms with Crippen molar-refractivity contribution >= 4 is 17.7 Å². The van der Waals surface area contributed by atoms with Crippen molar-refractivity contribution in [3.8, 4) is 0 Å². The number of hydrogen-bond acceptors (Lipinski definition) is 5. The van der Waals surface area contributed by atoms with Crippen LogP contribution in [0, 0.1) is 6.92 Å². The number of nitrogens with zero attached hydrogens (tertiary/aromatic N) is 5. The summed E-state index contributed by atoms with van der Waals surface area (Å²) in [5.74, 6) is 0.629. The van der Waals surface area contributed by atoms with Crippen molar-refractivity contribution in [1.29, 1.82) is 0 Å². The number of amides is 1. The van der Waals surface area contributed by atoms with Crippen LogP contribution in [0.2, 0.25) is 0 Å². The Hall–Kier alpha value is -2.06. The Bertz CT molecular complexity index is 623. The van der Waals surface area contributed by atoms with Gasteiger partial charge in [-0.25, -0.2) is 4.98 Å². The number of carbonyl (C=O) groups is 1. The van der Waals surface area contributed by atoms with Gasteiger partial charge in [0.15, 0.2) is 0 Å². The van der Waals surface area contributed by atoms with Gasteiger partial charge in [0.1, 0.15) is 12.2 Å². The number of aromatic nitrogens is 2. The molecule has 0 atom stereocenters. The molecule has 0 aromatic carbocycles. The van der Waals surface area contributed by atoms with E-state index in [2.05, 4.69) is 14.9 Å². The molecule has 0 unspecified atom stereocenters. The molecule has 0 radical (unpaired) electrons. The summed E-state index contributed by atoms with van der Waals surface area (Å²) in [6.07, 6.45) is -3.58. The summed E-state index contributed by atoms with van der Waals surface area (Å²) in [4.78, 5) is 26.2. The SMILES string of the molecule is Cc1cc(N2CCN(C(=O)CC(F)(F)F)CC2)nc(N2CCCC2)n1. The Morgan fingerprint density at radius 1 is 1.04 bits per heavy atom. The topological polar surface area (TPSA) is 52.6 Å². The molecule has 25 heavy (non-hydrogen) atoms. The highest BCUT2D eigenvalue weighted by molar-refractivity contribution is 5.77. The Balaban J connectivity index is 1.64. The fourth-order valence-corrected chi connectivity index (χ4v) is 3.23. The van der Waals surface area contributed by atoms with E-state index in [1.165, 1.54) is 4.90 Å². The van der Waals surface area contributed by atoms with Crippen molar-refractivity contribution in [1.82, 2.24) is 14.9 Å². The van der Waals surface area contributed by atoms with Crippen LogP contribution in [-0.4, -0.2) is 66.2 Å². The first-order valence-electron chi connectivity index (χ1n) is 8.52. The van der Waals surface area contributed by atoms with Crippen LogP contribution in [-0.2, 0) is 4.79 Å². The maximum Gasteiger partial charge on any atom is 0.397 e. The predicted octanol–water partition coefficient (Wildman–Crippen LogP) is 1.99. The molecule has 0 bridgehead atoms. The molecule has 6 nitrogen and oxygen atoms in total. The quantitative estimate of drug-likeness (QED) is 0.828. The molecular weight excluding hydrogens is 335 g/mol. The summed E-state index contributed by atoms with van der Waals surface area (Å²) < 4.78 is 37.1. The van der Waals surface area contributed by atoms with Crippen LogP contribution in [0.5, 0.6) is 0 Å². The molecule has 0 N–H and O–H groups in total. The minimum absolute atomic E-state index is 0.275. The van der Waals surface area contributed by atoms with Gasteiger partial charge in [0.25, 0.3) is 0 Å². The maximum absolute atomic E-state index is 12.4. The molecule has 0 spiro atoms. The lowest BCUT2D eigenvalue weighted by Gasteiger charge is -2.36. The smallest absolute Gasteiger partial charge is 0.353 e. The largest absolute Gasteiger partial charge is 0.397 e. The van der Waals surface area contributed by atoms with E-state index >= 15 is 0 Å². The van der Waals surface area contributed by atoms with Crippen molar-refractivity contribution in [3.05, 3.63) is 11.8 Å². The van der Waals surface area contributed by atoms with Gasteiger partial charge in [-0.1, -0.05) is 0 Å². The van der Waals surface area contributed by atoms with Crippen LogP contribution in [0.3, 0.4) is 0 Å². The lowest BCUT2D eigenvalue weighted by atomic mass is 10.2. The zero-order valence-corrected chi connectivity index (χ0v) is 14.2. The summed E-state index contributed by atoms with van der Waals surface area (Å²) in [5, 5.41) is 0. The molecule has 2 aliphatic rings. The van der Waals surface area contributed by atoms with Gasteiger partial charge in [-0.05, 0) is 19.8 Å². The molecule has 3 rings (SSSR count). The number of hydrogen-bond donors (Lipinski definition) is 0. The number of anilines is 2. The van der Waals surface area contributed by atoms with E-state index in [0.717, 1.165) is 37.4 Å². The second kappa shape index (κ2) is 7.05. The van der Waals surface area contributed by atoms with Crippen molar-refractivity contribution in [2.24, 2.45) is 0 Å². The first-order valence-corrected chi connectivity index (χ1v) is 8.52. The highest BCUT2D eigenvalue weighted by Crippen LogP contribution is 2.23. The molecule has 3 heterocycles. The second-order valence-corrected chi connectivity index (χ2v) is 6.52. The summed E-state index contributed by atoms with van der Waals surface area (Å²) in [6.45, 7) is 5.30. The normalized spacial score (nSPS) is 18.8. The van der Waals surface area contributed by atoms with Gasteiger partial charge in [0.05, 0.1) is 0 Å². The molecule has 0 saturated carbocycles. The molecule has 2 saturated heterocycles. The third-order valence-corrected chi connectivity index (χ3v) is 4.53. The van der Waals surface area contributed by atoms with Gasteiger partial charge in [-0.3, -0.25) is 4.79 Å². The lowest BCUT2D eigenvalue weighted by molar-refractivity contribution is -0.161. The van der Waals surface area contributed by atoms with Crippen LogP contribution < -0.4 is 9.80 Å². The Kier molecular flexibility index (Phi) is 5.01. The Morgan fingerprint density at radius 2 is 1.68 bits per heavy atom. The maximum atomic E-state index is 12.4. The summed E-state index contributed by atoms with van der Waals surface area (Å²) in [7, 11) is 0. The van der Waals surface area contributed by atoms with Gasteiger partial charge in [-0.2, -0.15) is 18.2 Å². The van der Waals surface area contributed by atoms with E-state index in [0.29, 0.717) is 19.0 Å². The minimum atomic E-state index is -4.46. The lowest BCUT2D eigenvalue weighted by Crippen LogP contribution is -2.49. The number of rotatable bonds is 3. The average Bonchev–Trinajstić information content (AvgIpc) is 3.07. The van der Waals surface area contributed by atoms with Crippen molar-refractivity contribution in [2.45, 2.75) is 32.4 Å². The van der Waals surface area contributed by atoms with Crippen molar-refractivity contribution in [2.75, 3.05) is 49.1 Å². The van der Waals surface area contributed by atoms with E-state index < -0.39 is 18.5 Å². The number of carbonyl (C=O) groups excluding carboxylic acids is 1. The molecule has 0 aliphatic carbocycles. The monoisotopic (exact) mass is 357 g/mol. The first kappa shape index (κ1) is 17.8. The molecule has 1 aromatic rings. The molecule has 2 fully saturated rings. The van der Waals surface area contributed by atoms with Gasteiger partial charge >= 0.3 is 6.18 Å². The van der Waals surface area contributed by atoms with Crippen LogP contribution in [0.15, 0.2) is 6.07 Å². The van der Waals surface area contributed by atoms with E-state index in [1.54, 1.807) is 0 Å². The second-order valence-electron chi connectivity index (χ2n) is 6.52. The first-order chi connectivity index (χ1) is 11.8. The third kappa shape index (κ3) is 4.52. The summed E-state index contributed by atoms with van der Waals surface area (Å²) in [5.41, 5.74) is 0.863. The van der Waals surface area contributed by atoms with Crippen molar-refractivity contribution in [3.63, 3.8) is 0 Å². The van der Waals surface area contributed by atoms with E-state index in [4.69, 9.17) is 0 Å². The Morgan fingerprint density at radius 3 is 2.28 bits per heavy atom. The summed E-state index contributed by atoms with van der Waals surface area (Å²) in [6, 6.07) is 1.88. The zero-order valence-electron chi connectivity index (χ0n) is 14.2. The van der Waals surface area contributed by atoms with Gasteiger partial charge < -0.3 is 14.7 Å². The molecular formula is C16H22F3N5O. The van der Waals surface area contributed by atoms with Crippen LogP contribution in [0.4, 0.5) is 24.9 Å². The summed E-state index contributed by atoms with van der Waals surface area (Å²) >= 11 is 0. The van der Waals surface area contributed by atoms with E-state index in [9.17, 15) is 18.0 Å². The van der Waals surface area contributed by atoms with Crippen LogP contribution in [0.1, 0.15) is 25.0 Å². The Labute approximate surface area is 144 Å². The van der Waals surface area contributed by atoms with Crippen LogP contribution >= 0.6 is 0 Å². The fraction of sp³-hybridized carbons (Fsp3) is 0.688. The predicted molar refractivity (Wildman–Crippen MR) is 87.7 cm³/mol. The molecule has 2 aliphatic heterocycles. The van der Waals surface area contributed by atoms with Gasteiger partial charge in [0, 0.05) is 51.0 Å². The highest BCUT2D eigenvalue weighted by atomic mass is 19.4. The average molecular weight is 357 g/mol. The molecule has 138 valence electrons. The number of halogens is 3. The fourth-order valence-electron chi connectivity index (χ4n) is 3.23. The number of alkyl halides is 3. The third-order valence-electron chi connectivity index (χ3n) is 4.53. The zero-order chi connectivity index (χ0) is 18.0.